The van der Waals surface area contributed by atoms with Gasteiger partial charge in [-0.1, -0.05) is 24.3 Å². The van der Waals surface area contributed by atoms with Gasteiger partial charge in [-0.2, -0.15) is 0 Å². The van der Waals surface area contributed by atoms with Crippen molar-refractivity contribution in [3.63, 3.8) is 0 Å². The van der Waals surface area contributed by atoms with Crippen LogP contribution in [-0.2, 0) is 22.9 Å². The molecule has 0 saturated heterocycles. The second-order valence-electron chi connectivity index (χ2n) is 6.90. The first-order valence-corrected chi connectivity index (χ1v) is 11.9. The lowest BCUT2D eigenvalue weighted by Gasteiger charge is -2.20. The van der Waals surface area contributed by atoms with Gasteiger partial charge >= 0.3 is 0 Å². The normalized spacial score (nSPS) is 13.2. The highest BCUT2D eigenvalue weighted by molar-refractivity contribution is 7.92. The van der Waals surface area contributed by atoms with Crippen LogP contribution in [0, 0.1) is 0 Å². The number of methoxy groups -OCH3 is 1. The zero-order chi connectivity index (χ0) is 21.1. The minimum atomic E-state index is -3.79. The van der Waals surface area contributed by atoms with Crippen LogP contribution in [-0.4, -0.2) is 34.5 Å². The number of fused-ring (bicyclic) bond motifs is 1. The van der Waals surface area contributed by atoms with Crippen LogP contribution in [0.15, 0.2) is 64.9 Å². The van der Waals surface area contributed by atoms with E-state index in [2.05, 4.69) is 5.32 Å². The third-order valence-corrected chi connectivity index (χ3v) is 7.83. The summed E-state index contributed by atoms with van der Waals surface area (Å²) >= 11 is 1.63. The van der Waals surface area contributed by atoms with Crippen molar-refractivity contribution in [1.82, 2.24) is 5.32 Å². The molecule has 0 fully saturated rings. The molecule has 0 spiro atoms. The van der Waals surface area contributed by atoms with Crippen molar-refractivity contribution in [2.24, 2.45) is 0 Å². The number of amides is 1. The first-order chi connectivity index (χ1) is 14.5. The van der Waals surface area contributed by atoms with Gasteiger partial charge in [-0.3, -0.25) is 9.10 Å². The Morgan fingerprint density at radius 2 is 2.00 bits per heavy atom. The summed E-state index contributed by atoms with van der Waals surface area (Å²) < 4.78 is 33.3. The average molecular weight is 443 g/mol. The molecule has 6 nitrogen and oxygen atoms in total. The monoisotopic (exact) mass is 442 g/mol. The predicted molar refractivity (Wildman–Crippen MR) is 118 cm³/mol. The Hall–Kier alpha value is -2.84. The standard InChI is InChI=1S/C22H22N2O4S2/c1-28-21-9-8-18(15-19(21)22(25)23-12-10-17-6-4-14-29-17)30(26,27)24-13-11-16-5-2-3-7-20(16)24/h2-9,14-15H,10-13H2,1H3,(H,23,25). The van der Waals surface area contributed by atoms with Gasteiger partial charge in [0.1, 0.15) is 5.75 Å². The number of benzene rings is 2. The summed E-state index contributed by atoms with van der Waals surface area (Å²) in [5.74, 6) is -0.0216. The van der Waals surface area contributed by atoms with Gasteiger partial charge in [0.05, 0.1) is 23.3 Å². The fourth-order valence-electron chi connectivity index (χ4n) is 3.56. The van der Waals surface area contributed by atoms with Gasteiger partial charge in [-0.25, -0.2) is 8.42 Å². The maximum Gasteiger partial charge on any atom is 0.264 e. The van der Waals surface area contributed by atoms with E-state index < -0.39 is 10.0 Å². The van der Waals surface area contributed by atoms with Crippen LogP contribution in [0.4, 0.5) is 5.69 Å². The van der Waals surface area contributed by atoms with Gasteiger partial charge in [-0.05, 0) is 54.1 Å². The van der Waals surface area contributed by atoms with Crippen LogP contribution >= 0.6 is 11.3 Å². The molecule has 30 heavy (non-hydrogen) atoms. The van der Waals surface area contributed by atoms with E-state index in [9.17, 15) is 13.2 Å². The van der Waals surface area contributed by atoms with Gasteiger partial charge in [-0.15, -0.1) is 11.3 Å². The largest absolute Gasteiger partial charge is 0.496 e. The molecule has 1 amide bonds. The number of nitrogens with one attached hydrogen (secondary N) is 1. The highest BCUT2D eigenvalue weighted by atomic mass is 32.2. The lowest BCUT2D eigenvalue weighted by atomic mass is 10.2. The van der Waals surface area contributed by atoms with Crippen LogP contribution in [0.25, 0.3) is 0 Å². The van der Waals surface area contributed by atoms with E-state index in [1.165, 1.54) is 34.5 Å². The molecule has 0 aliphatic carbocycles. The van der Waals surface area contributed by atoms with E-state index in [0.717, 1.165) is 5.56 Å². The molecule has 1 aromatic heterocycles. The van der Waals surface area contributed by atoms with Crippen molar-refractivity contribution in [2.45, 2.75) is 17.7 Å². The molecule has 3 aromatic rings. The van der Waals surface area contributed by atoms with Crippen LogP contribution in [0.5, 0.6) is 5.75 Å². The number of thiophene rings is 1. The Morgan fingerprint density at radius 3 is 2.77 bits per heavy atom. The van der Waals surface area contributed by atoms with Gasteiger partial charge in [0.25, 0.3) is 15.9 Å². The summed E-state index contributed by atoms with van der Waals surface area (Å²) in [6, 6.07) is 15.9. The molecule has 1 aliphatic heterocycles. The Labute approximate surface area is 180 Å². The van der Waals surface area contributed by atoms with Crippen LogP contribution < -0.4 is 14.4 Å². The van der Waals surface area contributed by atoms with Crippen LogP contribution in [0.2, 0.25) is 0 Å². The van der Waals surface area contributed by atoms with E-state index in [1.54, 1.807) is 11.3 Å². The second-order valence-corrected chi connectivity index (χ2v) is 9.80. The summed E-state index contributed by atoms with van der Waals surface area (Å²) in [5, 5.41) is 4.85. The fraction of sp³-hybridized carbons (Fsp3) is 0.227. The highest BCUT2D eigenvalue weighted by Gasteiger charge is 2.31. The molecule has 0 saturated carbocycles. The summed E-state index contributed by atoms with van der Waals surface area (Å²) in [4.78, 5) is 14.0. The SMILES string of the molecule is COc1ccc(S(=O)(=O)N2CCc3ccccc32)cc1C(=O)NCCc1cccs1. The quantitative estimate of drug-likeness (QED) is 0.608. The second kappa shape index (κ2) is 8.49. The molecule has 1 aliphatic rings. The van der Waals surface area contributed by atoms with Crippen molar-refractivity contribution >= 4 is 33.0 Å². The third-order valence-electron chi connectivity index (χ3n) is 5.09. The zero-order valence-corrected chi connectivity index (χ0v) is 18.1. The molecule has 4 rings (SSSR count). The topological polar surface area (TPSA) is 75.7 Å². The van der Waals surface area contributed by atoms with Crippen molar-refractivity contribution in [3.8, 4) is 5.75 Å². The molecule has 2 heterocycles. The fourth-order valence-corrected chi connectivity index (χ4v) is 5.80. The maximum atomic E-state index is 13.3. The minimum Gasteiger partial charge on any atom is -0.496 e. The maximum absolute atomic E-state index is 13.3. The van der Waals surface area contributed by atoms with E-state index in [1.807, 2.05) is 41.8 Å². The lowest BCUT2D eigenvalue weighted by molar-refractivity contribution is 0.0951. The Morgan fingerprint density at radius 1 is 1.17 bits per heavy atom. The molecule has 0 bridgehead atoms. The average Bonchev–Trinajstić information content (AvgIpc) is 3.43. The van der Waals surface area contributed by atoms with Crippen LogP contribution in [0.1, 0.15) is 20.8 Å². The molecular formula is C22H22N2O4S2. The number of sulfonamides is 1. The number of carbonyl (C=O) groups excluding carboxylic acids is 1. The van der Waals surface area contributed by atoms with Gasteiger partial charge in [0.2, 0.25) is 0 Å². The molecule has 8 heteroatoms. The highest BCUT2D eigenvalue weighted by Crippen LogP contribution is 2.33. The minimum absolute atomic E-state index is 0.0726. The Bertz CT molecular complexity index is 1160. The summed E-state index contributed by atoms with van der Waals surface area (Å²) in [6.45, 7) is 0.842. The number of para-hydroxylation sites is 1. The first kappa shape index (κ1) is 20.4. The number of hydrogen-bond acceptors (Lipinski definition) is 5. The summed E-state index contributed by atoms with van der Waals surface area (Å²) in [6.07, 6.45) is 1.38. The Kier molecular flexibility index (Phi) is 5.78. The lowest BCUT2D eigenvalue weighted by Crippen LogP contribution is -2.30. The number of rotatable bonds is 7. The zero-order valence-electron chi connectivity index (χ0n) is 16.5. The van der Waals surface area contributed by atoms with Gasteiger partial charge in [0.15, 0.2) is 0 Å². The van der Waals surface area contributed by atoms with Crippen molar-refractivity contribution in [1.29, 1.82) is 0 Å². The van der Waals surface area contributed by atoms with Gasteiger partial charge in [0, 0.05) is 18.0 Å². The number of anilines is 1. The number of ether oxygens (including phenoxy) is 1. The van der Waals surface area contributed by atoms with Crippen LogP contribution in [0.3, 0.4) is 0 Å². The molecule has 0 unspecified atom stereocenters. The molecule has 0 radical (unpaired) electrons. The molecule has 2 aromatic carbocycles. The molecule has 1 N–H and O–H groups in total. The molecular weight excluding hydrogens is 420 g/mol. The summed E-state index contributed by atoms with van der Waals surface area (Å²) in [7, 11) is -2.33. The smallest absolute Gasteiger partial charge is 0.264 e. The third kappa shape index (κ3) is 3.93. The van der Waals surface area contributed by atoms with E-state index in [-0.39, 0.29) is 16.4 Å². The molecule has 0 atom stereocenters. The van der Waals surface area contributed by atoms with Crippen molar-refractivity contribution in [3.05, 3.63) is 76.0 Å². The Balaban J connectivity index is 1.58. The van der Waals surface area contributed by atoms with E-state index in [0.29, 0.717) is 37.4 Å². The first-order valence-electron chi connectivity index (χ1n) is 9.60. The number of carbonyl (C=O) groups is 1. The number of hydrogen-bond donors (Lipinski definition) is 1. The molecule has 156 valence electrons. The van der Waals surface area contributed by atoms with E-state index in [4.69, 9.17) is 4.74 Å². The van der Waals surface area contributed by atoms with Gasteiger partial charge < -0.3 is 10.1 Å². The number of nitrogens with zero attached hydrogens (tertiary/aromatic N) is 1. The predicted octanol–water partition coefficient (Wildman–Crippen LogP) is 3.48. The van der Waals surface area contributed by atoms with E-state index >= 15 is 0 Å². The van der Waals surface area contributed by atoms with Crippen molar-refractivity contribution in [2.75, 3.05) is 24.5 Å². The summed E-state index contributed by atoms with van der Waals surface area (Å²) in [5.41, 5.74) is 1.90. The van der Waals surface area contributed by atoms with Crippen molar-refractivity contribution < 1.29 is 17.9 Å².